The highest BCUT2D eigenvalue weighted by molar-refractivity contribution is 5.87. The second-order valence-corrected chi connectivity index (χ2v) is 11.3. The molecule has 7 nitrogen and oxygen atoms in total. The Morgan fingerprint density at radius 1 is 1.22 bits per heavy atom. The average Bonchev–Trinajstić information content (AvgIpc) is 3.83. The molecule has 2 saturated carbocycles. The van der Waals surface area contributed by atoms with E-state index >= 15 is 0 Å². The molecular weight excluding hydrogens is 457 g/mol. The summed E-state index contributed by atoms with van der Waals surface area (Å²) >= 11 is 0. The molecule has 3 fully saturated rings. The number of aliphatic hydroxyl groups is 1. The maximum atomic E-state index is 13.7. The van der Waals surface area contributed by atoms with Gasteiger partial charge in [0.25, 0.3) is 0 Å². The van der Waals surface area contributed by atoms with Gasteiger partial charge in [-0.05, 0) is 74.1 Å². The minimum absolute atomic E-state index is 0.199. The maximum Gasteiger partial charge on any atom is 0.230 e. The molecule has 3 aliphatic carbocycles. The van der Waals surface area contributed by atoms with Gasteiger partial charge in [0.1, 0.15) is 18.1 Å². The lowest BCUT2D eigenvalue weighted by Crippen LogP contribution is -2.49. The lowest BCUT2D eigenvalue weighted by Gasteiger charge is -2.38. The van der Waals surface area contributed by atoms with Crippen LogP contribution in [0.15, 0.2) is 41.6 Å². The SMILES string of the molecule is N#CC1=C(N2CCC(CNC(O)C3(C4(C(=O)N5Cc6ccncc6C5)CC4)CC3)CC2)CCC(F)=C1. The highest BCUT2D eigenvalue weighted by Gasteiger charge is 2.73. The summed E-state index contributed by atoms with van der Waals surface area (Å²) in [5.74, 6) is 0.417. The van der Waals surface area contributed by atoms with E-state index < -0.39 is 11.6 Å². The molecule has 1 aromatic heterocycles. The van der Waals surface area contributed by atoms with E-state index in [0.717, 1.165) is 69.4 Å². The normalized spacial score (nSPS) is 25.2. The van der Waals surface area contributed by atoms with Crippen LogP contribution in [0.2, 0.25) is 0 Å². The number of aliphatic hydroxyl groups excluding tert-OH is 1. The molecule has 6 rings (SSSR count). The van der Waals surface area contributed by atoms with Crippen molar-refractivity contribution in [3.05, 3.63) is 52.8 Å². The summed E-state index contributed by atoms with van der Waals surface area (Å²) in [6, 6.07) is 4.15. The number of nitrogens with zero attached hydrogens (tertiary/aromatic N) is 4. The van der Waals surface area contributed by atoms with Crippen LogP contribution in [0.1, 0.15) is 62.5 Å². The fourth-order valence-corrected chi connectivity index (χ4v) is 6.85. The number of likely N-dealkylation sites (tertiary alicyclic amines) is 1. The molecule has 1 atom stereocenters. The van der Waals surface area contributed by atoms with Crippen molar-refractivity contribution >= 4 is 5.91 Å². The van der Waals surface area contributed by atoms with Crippen molar-refractivity contribution in [3.8, 4) is 6.07 Å². The number of nitriles is 1. The van der Waals surface area contributed by atoms with Gasteiger partial charge in [-0.3, -0.25) is 15.1 Å². The predicted octanol–water partition coefficient (Wildman–Crippen LogP) is 3.53. The molecule has 5 aliphatic rings. The Morgan fingerprint density at radius 2 is 1.97 bits per heavy atom. The molecule has 0 radical (unpaired) electrons. The number of halogens is 1. The molecule has 1 unspecified atom stereocenters. The van der Waals surface area contributed by atoms with Gasteiger partial charge < -0.3 is 14.9 Å². The van der Waals surface area contributed by atoms with Crippen LogP contribution in [0.4, 0.5) is 4.39 Å². The van der Waals surface area contributed by atoms with Crippen molar-refractivity contribution in [2.75, 3.05) is 19.6 Å². The largest absolute Gasteiger partial charge is 0.378 e. The molecule has 1 saturated heterocycles. The number of carbonyl (C=O) groups excluding carboxylic acids is 1. The van der Waals surface area contributed by atoms with E-state index in [4.69, 9.17) is 0 Å². The number of allylic oxidation sites excluding steroid dienone is 4. The van der Waals surface area contributed by atoms with E-state index in [1.165, 1.54) is 11.6 Å². The van der Waals surface area contributed by atoms with E-state index in [1.54, 1.807) is 6.20 Å². The summed E-state index contributed by atoms with van der Waals surface area (Å²) in [7, 11) is 0. The van der Waals surface area contributed by atoms with E-state index in [-0.39, 0.29) is 17.1 Å². The second kappa shape index (κ2) is 8.97. The maximum absolute atomic E-state index is 13.7. The zero-order valence-corrected chi connectivity index (χ0v) is 20.7. The predicted molar refractivity (Wildman–Crippen MR) is 131 cm³/mol. The Balaban J connectivity index is 1.04. The number of hydrogen-bond acceptors (Lipinski definition) is 6. The number of rotatable bonds is 7. The van der Waals surface area contributed by atoms with Crippen LogP contribution in [-0.2, 0) is 17.9 Å². The zero-order valence-electron chi connectivity index (χ0n) is 20.7. The number of hydrogen-bond donors (Lipinski definition) is 2. The van der Waals surface area contributed by atoms with Crippen molar-refractivity contribution in [1.82, 2.24) is 20.1 Å². The summed E-state index contributed by atoms with van der Waals surface area (Å²) < 4.78 is 13.6. The lowest BCUT2D eigenvalue weighted by atomic mass is 9.82. The highest BCUT2D eigenvalue weighted by atomic mass is 19.1. The third-order valence-electron chi connectivity index (χ3n) is 9.37. The molecule has 8 heteroatoms. The molecule has 0 bridgehead atoms. The Hall–Kier alpha value is -2.76. The zero-order chi connectivity index (χ0) is 24.9. The first-order valence-corrected chi connectivity index (χ1v) is 13.3. The monoisotopic (exact) mass is 491 g/mol. The molecule has 36 heavy (non-hydrogen) atoms. The summed E-state index contributed by atoms with van der Waals surface area (Å²) in [5.41, 5.74) is 2.96. The van der Waals surface area contributed by atoms with Gasteiger partial charge >= 0.3 is 0 Å². The number of amides is 1. The molecule has 2 N–H and O–H groups in total. The van der Waals surface area contributed by atoms with Crippen LogP contribution < -0.4 is 5.32 Å². The Labute approximate surface area is 211 Å². The van der Waals surface area contributed by atoms with Crippen LogP contribution >= 0.6 is 0 Å². The molecule has 2 aliphatic heterocycles. The number of aromatic nitrogens is 1. The van der Waals surface area contributed by atoms with Crippen molar-refractivity contribution in [2.45, 2.75) is 70.7 Å². The smallest absolute Gasteiger partial charge is 0.230 e. The van der Waals surface area contributed by atoms with E-state index in [0.29, 0.717) is 37.4 Å². The molecule has 190 valence electrons. The molecule has 3 heterocycles. The third-order valence-corrected chi connectivity index (χ3v) is 9.37. The summed E-state index contributed by atoms with van der Waals surface area (Å²) in [4.78, 5) is 22.1. The van der Waals surface area contributed by atoms with Crippen LogP contribution in [0.3, 0.4) is 0 Å². The first-order chi connectivity index (χ1) is 17.5. The fraction of sp³-hybridized carbons (Fsp3) is 0.607. The van der Waals surface area contributed by atoms with Crippen LogP contribution in [0, 0.1) is 28.1 Å². The van der Waals surface area contributed by atoms with Gasteiger partial charge in [0.15, 0.2) is 0 Å². The molecular formula is C28H34FN5O2. The minimum atomic E-state index is -0.673. The molecule has 0 aromatic carbocycles. The number of carbonyl (C=O) groups is 1. The van der Waals surface area contributed by atoms with Crippen molar-refractivity contribution in [3.63, 3.8) is 0 Å². The summed E-state index contributed by atoms with van der Waals surface area (Å²) in [6.45, 7) is 3.67. The summed E-state index contributed by atoms with van der Waals surface area (Å²) in [6.07, 6.45) is 10.7. The van der Waals surface area contributed by atoms with Gasteiger partial charge in [0.2, 0.25) is 5.91 Å². The standard InChI is InChI=1S/C28H34FN5O2/c29-23-1-2-24(21(13-23)14-30)33-11-4-19(5-12-33)15-32-25(35)27(6-7-27)28(8-9-28)26(36)34-17-20-3-10-31-16-22(20)18-34/h3,10,13,16,19,25,32,35H,1-2,4-9,11-12,15,17-18H2. The first kappa shape index (κ1) is 23.6. The fourth-order valence-electron chi connectivity index (χ4n) is 6.85. The Morgan fingerprint density at radius 3 is 2.64 bits per heavy atom. The molecule has 1 amide bonds. The Kier molecular flexibility index (Phi) is 5.88. The lowest BCUT2D eigenvalue weighted by molar-refractivity contribution is -0.144. The van der Waals surface area contributed by atoms with Crippen LogP contribution in [-0.4, -0.2) is 51.7 Å². The minimum Gasteiger partial charge on any atom is -0.378 e. The second-order valence-electron chi connectivity index (χ2n) is 11.3. The first-order valence-electron chi connectivity index (χ1n) is 13.3. The molecule has 1 aromatic rings. The van der Waals surface area contributed by atoms with Crippen molar-refractivity contribution < 1.29 is 14.3 Å². The van der Waals surface area contributed by atoms with Gasteiger partial charge in [-0.25, -0.2) is 4.39 Å². The number of pyridine rings is 1. The van der Waals surface area contributed by atoms with Gasteiger partial charge in [0.05, 0.1) is 11.0 Å². The number of piperidine rings is 1. The quantitative estimate of drug-likeness (QED) is 0.567. The van der Waals surface area contributed by atoms with Gasteiger partial charge in [-0.15, -0.1) is 0 Å². The van der Waals surface area contributed by atoms with E-state index in [2.05, 4.69) is 21.3 Å². The van der Waals surface area contributed by atoms with E-state index in [1.807, 2.05) is 17.2 Å². The third kappa shape index (κ3) is 3.93. The van der Waals surface area contributed by atoms with Gasteiger partial charge in [0, 0.05) is 62.7 Å². The van der Waals surface area contributed by atoms with Crippen LogP contribution in [0.25, 0.3) is 0 Å². The summed E-state index contributed by atoms with van der Waals surface area (Å²) in [5, 5.41) is 24.1. The number of nitrogens with one attached hydrogen (secondary N) is 1. The van der Waals surface area contributed by atoms with E-state index in [9.17, 15) is 19.6 Å². The molecule has 0 spiro atoms. The number of fused-ring (bicyclic) bond motifs is 1. The van der Waals surface area contributed by atoms with Crippen molar-refractivity contribution in [2.24, 2.45) is 16.7 Å². The van der Waals surface area contributed by atoms with Crippen molar-refractivity contribution in [1.29, 1.82) is 5.26 Å². The van der Waals surface area contributed by atoms with Gasteiger partial charge in [-0.2, -0.15) is 5.26 Å². The van der Waals surface area contributed by atoms with Gasteiger partial charge in [-0.1, -0.05) is 0 Å². The van der Waals surface area contributed by atoms with Crippen LogP contribution in [0.5, 0.6) is 0 Å². The average molecular weight is 492 g/mol. The Bertz CT molecular complexity index is 1130. The highest BCUT2D eigenvalue weighted by Crippen LogP contribution is 2.72. The topological polar surface area (TPSA) is 92.5 Å².